The SMILES string of the molecule is C=C(Br)CNC(=O)c1ccccc1CCN. The molecular formula is C12H15BrN2O. The molecule has 0 aromatic heterocycles. The normalized spacial score (nSPS) is 9.88. The maximum atomic E-state index is 11.8. The summed E-state index contributed by atoms with van der Waals surface area (Å²) in [4.78, 5) is 11.8. The molecule has 0 spiro atoms. The molecule has 0 aliphatic rings. The highest BCUT2D eigenvalue weighted by Crippen LogP contribution is 2.09. The largest absolute Gasteiger partial charge is 0.347 e. The maximum absolute atomic E-state index is 11.8. The van der Waals surface area contributed by atoms with Gasteiger partial charge in [-0.3, -0.25) is 4.79 Å². The number of carbonyl (C=O) groups is 1. The average molecular weight is 283 g/mol. The van der Waals surface area contributed by atoms with Crippen molar-refractivity contribution in [2.24, 2.45) is 5.73 Å². The van der Waals surface area contributed by atoms with Crippen molar-refractivity contribution in [3.8, 4) is 0 Å². The average Bonchev–Trinajstić information content (AvgIpc) is 2.27. The summed E-state index contributed by atoms with van der Waals surface area (Å²) in [5, 5.41) is 2.77. The Balaban J connectivity index is 2.77. The van der Waals surface area contributed by atoms with Crippen LogP contribution >= 0.6 is 15.9 Å². The second-order valence-electron chi connectivity index (χ2n) is 3.40. The van der Waals surface area contributed by atoms with Crippen molar-refractivity contribution in [3.63, 3.8) is 0 Å². The second kappa shape index (κ2) is 6.45. The third-order valence-electron chi connectivity index (χ3n) is 2.12. The Bertz CT molecular complexity index is 390. The first-order valence-electron chi connectivity index (χ1n) is 5.04. The molecule has 16 heavy (non-hydrogen) atoms. The van der Waals surface area contributed by atoms with E-state index in [2.05, 4.69) is 27.8 Å². The number of carbonyl (C=O) groups excluding carboxylic acids is 1. The Morgan fingerprint density at radius 1 is 1.44 bits per heavy atom. The lowest BCUT2D eigenvalue weighted by molar-refractivity contribution is 0.0957. The lowest BCUT2D eigenvalue weighted by atomic mass is 10.0. The maximum Gasteiger partial charge on any atom is 0.251 e. The minimum Gasteiger partial charge on any atom is -0.347 e. The van der Waals surface area contributed by atoms with Crippen LogP contribution in [0.25, 0.3) is 0 Å². The molecule has 0 fully saturated rings. The van der Waals surface area contributed by atoms with Crippen LogP contribution in [-0.4, -0.2) is 19.0 Å². The van der Waals surface area contributed by atoms with Crippen LogP contribution in [-0.2, 0) is 6.42 Å². The van der Waals surface area contributed by atoms with Gasteiger partial charge in [-0.1, -0.05) is 40.7 Å². The van der Waals surface area contributed by atoms with Gasteiger partial charge in [-0.25, -0.2) is 0 Å². The lowest BCUT2D eigenvalue weighted by Gasteiger charge is -2.08. The van der Waals surface area contributed by atoms with Crippen molar-refractivity contribution in [2.45, 2.75) is 6.42 Å². The third-order valence-corrected chi connectivity index (χ3v) is 2.40. The van der Waals surface area contributed by atoms with Crippen LogP contribution in [0.5, 0.6) is 0 Å². The molecule has 0 bridgehead atoms. The van der Waals surface area contributed by atoms with Crippen LogP contribution < -0.4 is 11.1 Å². The van der Waals surface area contributed by atoms with E-state index in [9.17, 15) is 4.79 Å². The van der Waals surface area contributed by atoms with Crippen LogP contribution in [0.3, 0.4) is 0 Å². The quantitative estimate of drug-likeness (QED) is 0.866. The van der Waals surface area contributed by atoms with Gasteiger partial charge in [-0.2, -0.15) is 0 Å². The van der Waals surface area contributed by atoms with Crippen molar-refractivity contribution < 1.29 is 4.79 Å². The molecule has 1 rings (SSSR count). The van der Waals surface area contributed by atoms with E-state index in [1.54, 1.807) is 6.07 Å². The summed E-state index contributed by atoms with van der Waals surface area (Å²) in [6.45, 7) is 4.62. The molecule has 0 saturated heterocycles. The molecule has 3 nitrogen and oxygen atoms in total. The van der Waals surface area contributed by atoms with Crippen molar-refractivity contribution >= 4 is 21.8 Å². The number of benzene rings is 1. The molecule has 1 aromatic rings. The topological polar surface area (TPSA) is 55.1 Å². The Morgan fingerprint density at radius 2 is 2.12 bits per heavy atom. The molecule has 1 aromatic carbocycles. The zero-order chi connectivity index (χ0) is 12.0. The Hall–Kier alpha value is -1.13. The van der Waals surface area contributed by atoms with Crippen LogP contribution in [0.15, 0.2) is 35.3 Å². The predicted octanol–water partition coefficient (Wildman–Crippen LogP) is 1.83. The van der Waals surface area contributed by atoms with Gasteiger partial charge < -0.3 is 11.1 Å². The number of nitrogens with one attached hydrogen (secondary N) is 1. The molecular weight excluding hydrogens is 268 g/mol. The zero-order valence-electron chi connectivity index (χ0n) is 9.00. The number of hydrogen-bond acceptors (Lipinski definition) is 2. The summed E-state index contributed by atoms with van der Waals surface area (Å²) < 4.78 is 0.747. The van der Waals surface area contributed by atoms with Crippen molar-refractivity contribution in [1.29, 1.82) is 0 Å². The van der Waals surface area contributed by atoms with E-state index in [1.807, 2.05) is 18.2 Å². The lowest BCUT2D eigenvalue weighted by Crippen LogP contribution is -2.25. The second-order valence-corrected chi connectivity index (χ2v) is 4.52. The third kappa shape index (κ3) is 3.79. The summed E-state index contributed by atoms with van der Waals surface area (Å²) in [6.07, 6.45) is 0.707. The molecule has 86 valence electrons. The van der Waals surface area contributed by atoms with Gasteiger partial charge in [0, 0.05) is 16.6 Å². The van der Waals surface area contributed by atoms with Gasteiger partial charge in [0.15, 0.2) is 0 Å². The molecule has 0 aliphatic heterocycles. The molecule has 0 atom stereocenters. The molecule has 0 radical (unpaired) electrons. The highest BCUT2D eigenvalue weighted by atomic mass is 79.9. The molecule has 0 aliphatic carbocycles. The van der Waals surface area contributed by atoms with Crippen LogP contribution in [0.4, 0.5) is 0 Å². The van der Waals surface area contributed by atoms with Crippen molar-refractivity contribution in [1.82, 2.24) is 5.32 Å². The van der Waals surface area contributed by atoms with E-state index in [1.165, 1.54) is 0 Å². The standard InChI is InChI=1S/C12H15BrN2O/c1-9(13)8-15-12(16)11-5-3-2-4-10(11)6-7-14/h2-5H,1,6-8,14H2,(H,15,16). The first-order chi connectivity index (χ1) is 7.65. The number of rotatable bonds is 5. The minimum atomic E-state index is -0.0929. The molecule has 4 heteroatoms. The summed E-state index contributed by atoms with van der Waals surface area (Å²) >= 11 is 3.20. The van der Waals surface area contributed by atoms with Gasteiger partial charge in [0.1, 0.15) is 0 Å². The predicted molar refractivity (Wildman–Crippen MR) is 69.6 cm³/mol. The zero-order valence-corrected chi connectivity index (χ0v) is 10.6. The van der Waals surface area contributed by atoms with E-state index < -0.39 is 0 Å². The van der Waals surface area contributed by atoms with Gasteiger partial charge >= 0.3 is 0 Å². The Morgan fingerprint density at radius 3 is 2.75 bits per heavy atom. The van der Waals surface area contributed by atoms with Crippen LogP contribution in [0.2, 0.25) is 0 Å². The number of amides is 1. The fraction of sp³-hybridized carbons (Fsp3) is 0.250. The van der Waals surface area contributed by atoms with Gasteiger partial charge in [0.2, 0.25) is 0 Å². The van der Waals surface area contributed by atoms with E-state index in [4.69, 9.17) is 5.73 Å². The molecule has 1 amide bonds. The van der Waals surface area contributed by atoms with E-state index in [0.29, 0.717) is 25.1 Å². The van der Waals surface area contributed by atoms with Gasteiger partial charge in [0.25, 0.3) is 5.91 Å². The van der Waals surface area contributed by atoms with E-state index in [0.717, 1.165) is 10.0 Å². The molecule has 0 unspecified atom stereocenters. The summed E-state index contributed by atoms with van der Waals surface area (Å²) in [5.74, 6) is -0.0929. The number of nitrogens with two attached hydrogens (primary N) is 1. The monoisotopic (exact) mass is 282 g/mol. The summed E-state index contributed by atoms with van der Waals surface area (Å²) in [6, 6.07) is 7.48. The number of halogens is 1. The number of hydrogen-bond donors (Lipinski definition) is 2. The molecule has 3 N–H and O–H groups in total. The highest BCUT2D eigenvalue weighted by Gasteiger charge is 2.09. The van der Waals surface area contributed by atoms with Crippen LogP contribution in [0, 0.1) is 0 Å². The Labute approximate surface area is 104 Å². The first-order valence-corrected chi connectivity index (χ1v) is 5.84. The van der Waals surface area contributed by atoms with Gasteiger partial charge in [-0.05, 0) is 24.6 Å². The summed E-state index contributed by atoms with van der Waals surface area (Å²) in [7, 11) is 0. The van der Waals surface area contributed by atoms with Gasteiger partial charge in [0.05, 0.1) is 0 Å². The summed E-state index contributed by atoms with van der Waals surface area (Å²) in [5.41, 5.74) is 7.16. The Kier molecular flexibility index (Phi) is 5.22. The molecule has 0 heterocycles. The first kappa shape index (κ1) is 12.9. The fourth-order valence-corrected chi connectivity index (χ4v) is 1.53. The molecule has 0 saturated carbocycles. The van der Waals surface area contributed by atoms with Crippen molar-refractivity contribution in [3.05, 3.63) is 46.5 Å². The smallest absolute Gasteiger partial charge is 0.251 e. The van der Waals surface area contributed by atoms with E-state index >= 15 is 0 Å². The van der Waals surface area contributed by atoms with Gasteiger partial charge in [-0.15, -0.1) is 0 Å². The van der Waals surface area contributed by atoms with Crippen molar-refractivity contribution in [2.75, 3.05) is 13.1 Å². The highest BCUT2D eigenvalue weighted by molar-refractivity contribution is 9.11. The van der Waals surface area contributed by atoms with Crippen LogP contribution in [0.1, 0.15) is 15.9 Å². The minimum absolute atomic E-state index is 0.0929. The fourth-order valence-electron chi connectivity index (χ4n) is 1.39. The van der Waals surface area contributed by atoms with E-state index in [-0.39, 0.29) is 5.91 Å².